The summed E-state index contributed by atoms with van der Waals surface area (Å²) in [7, 11) is 0. The number of ether oxygens (including phenoxy) is 1. The zero-order chi connectivity index (χ0) is 20.3. The number of halogens is 1. The van der Waals surface area contributed by atoms with E-state index in [0.717, 1.165) is 16.7 Å². The predicted octanol–water partition coefficient (Wildman–Crippen LogP) is 4.93. The monoisotopic (exact) mass is 461 g/mol. The van der Waals surface area contributed by atoms with Crippen molar-refractivity contribution < 1.29 is 24.2 Å². The zero-order valence-corrected chi connectivity index (χ0v) is 17.2. The largest absolute Gasteiger partial charge is 0.479 e. The molecule has 1 heterocycles. The van der Waals surface area contributed by atoms with Crippen LogP contribution in [-0.2, 0) is 9.59 Å². The maximum atomic E-state index is 12.7. The molecular formula is C20H16BrNO5S. The number of aliphatic carboxylic acids is 1. The Kier molecular flexibility index (Phi) is 6.21. The van der Waals surface area contributed by atoms with Crippen molar-refractivity contribution in [1.82, 2.24) is 0 Å². The summed E-state index contributed by atoms with van der Waals surface area (Å²) in [5.74, 6) is -0.987. The molecule has 3 rings (SSSR count). The molecule has 0 saturated carbocycles. The van der Waals surface area contributed by atoms with E-state index in [0.29, 0.717) is 32.8 Å². The number of carboxylic acids is 1. The molecule has 1 N–H and O–H groups in total. The van der Waals surface area contributed by atoms with Crippen LogP contribution >= 0.6 is 27.7 Å². The lowest BCUT2D eigenvalue weighted by atomic mass is 10.2. The van der Waals surface area contributed by atoms with E-state index in [9.17, 15) is 14.4 Å². The Morgan fingerprint density at radius 3 is 2.50 bits per heavy atom. The van der Waals surface area contributed by atoms with Gasteiger partial charge in [-0.3, -0.25) is 9.59 Å². The Bertz CT molecular complexity index is 957. The van der Waals surface area contributed by atoms with Crippen LogP contribution in [0.3, 0.4) is 0 Å². The molecular weight excluding hydrogens is 446 g/mol. The fourth-order valence-corrected chi connectivity index (χ4v) is 3.87. The van der Waals surface area contributed by atoms with Crippen LogP contribution in [0.2, 0.25) is 0 Å². The van der Waals surface area contributed by atoms with E-state index in [1.165, 1.54) is 0 Å². The van der Waals surface area contributed by atoms with Crippen LogP contribution in [0.1, 0.15) is 18.9 Å². The average molecular weight is 462 g/mol. The second kappa shape index (κ2) is 8.62. The highest BCUT2D eigenvalue weighted by Gasteiger charge is 2.37. The van der Waals surface area contributed by atoms with Crippen LogP contribution in [0.25, 0.3) is 6.08 Å². The molecule has 2 aromatic rings. The van der Waals surface area contributed by atoms with Crippen molar-refractivity contribution in [2.24, 2.45) is 0 Å². The highest BCUT2D eigenvalue weighted by atomic mass is 79.9. The number of para-hydroxylation sites is 1. The van der Waals surface area contributed by atoms with Crippen molar-refractivity contribution in [2.45, 2.75) is 19.4 Å². The van der Waals surface area contributed by atoms with E-state index in [-0.39, 0.29) is 11.1 Å². The molecule has 0 aliphatic carbocycles. The quantitative estimate of drug-likeness (QED) is 0.613. The summed E-state index contributed by atoms with van der Waals surface area (Å²) in [5, 5.41) is 8.69. The molecule has 0 spiro atoms. The molecule has 1 aliphatic rings. The maximum Gasteiger partial charge on any atom is 0.344 e. The summed E-state index contributed by atoms with van der Waals surface area (Å²) in [6.07, 6.45) is 1.06. The van der Waals surface area contributed by atoms with E-state index in [2.05, 4.69) is 15.9 Å². The van der Waals surface area contributed by atoms with E-state index in [1.807, 2.05) is 0 Å². The van der Waals surface area contributed by atoms with Gasteiger partial charge in [-0.2, -0.15) is 0 Å². The van der Waals surface area contributed by atoms with Crippen LogP contribution in [0, 0.1) is 0 Å². The highest BCUT2D eigenvalue weighted by Crippen LogP contribution is 2.38. The lowest BCUT2D eigenvalue weighted by Crippen LogP contribution is -2.27. The van der Waals surface area contributed by atoms with Gasteiger partial charge in [0.25, 0.3) is 11.1 Å². The van der Waals surface area contributed by atoms with E-state index in [1.54, 1.807) is 61.5 Å². The van der Waals surface area contributed by atoms with E-state index in [4.69, 9.17) is 9.84 Å². The third kappa shape index (κ3) is 4.28. The fraction of sp³-hybridized carbons (Fsp3) is 0.150. The third-order valence-corrected chi connectivity index (χ3v) is 5.53. The summed E-state index contributed by atoms with van der Waals surface area (Å²) < 4.78 is 6.07. The molecule has 2 aromatic carbocycles. The molecule has 2 amide bonds. The Balaban J connectivity index is 1.79. The Morgan fingerprint density at radius 2 is 1.89 bits per heavy atom. The van der Waals surface area contributed by atoms with Crippen LogP contribution < -0.4 is 9.64 Å². The smallest absolute Gasteiger partial charge is 0.344 e. The van der Waals surface area contributed by atoms with Gasteiger partial charge in [-0.15, -0.1) is 0 Å². The number of anilines is 1. The summed E-state index contributed by atoms with van der Waals surface area (Å²) >= 11 is 4.23. The molecule has 0 radical (unpaired) electrons. The number of thioether (sulfide) groups is 1. The molecule has 8 heteroatoms. The Labute approximate surface area is 174 Å². The van der Waals surface area contributed by atoms with Gasteiger partial charge in [0.2, 0.25) is 0 Å². The number of rotatable bonds is 6. The third-order valence-electron chi connectivity index (χ3n) is 3.99. The average Bonchev–Trinajstić information content (AvgIpc) is 2.94. The lowest BCUT2D eigenvalue weighted by Gasteiger charge is -2.14. The minimum atomic E-state index is -1.02. The number of hydrogen-bond donors (Lipinski definition) is 1. The molecule has 1 unspecified atom stereocenters. The first-order valence-electron chi connectivity index (χ1n) is 8.42. The first-order valence-corrected chi connectivity index (χ1v) is 10.0. The number of carbonyl (C=O) groups is 3. The Morgan fingerprint density at radius 1 is 1.21 bits per heavy atom. The van der Waals surface area contributed by atoms with Crippen molar-refractivity contribution in [3.05, 3.63) is 63.5 Å². The van der Waals surface area contributed by atoms with Crippen LogP contribution in [0.4, 0.5) is 10.5 Å². The lowest BCUT2D eigenvalue weighted by molar-refractivity contribution is -0.145. The van der Waals surface area contributed by atoms with Gasteiger partial charge in [0.15, 0.2) is 6.10 Å². The summed E-state index contributed by atoms with van der Waals surface area (Å²) in [6, 6.07) is 13.7. The minimum absolute atomic E-state index is 0.311. The second-order valence-corrected chi connectivity index (χ2v) is 7.74. The first-order chi connectivity index (χ1) is 13.4. The number of benzene rings is 2. The minimum Gasteiger partial charge on any atom is -0.479 e. The van der Waals surface area contributed by atoms with Gasteiger partial charge in [-0.1, -0.05) is 31.2 Å². The molecule has 1 saturated heterocycles. The fourth-order valence-electron chi connectivity index (χ4n) is 2.58. The molecule has 1 aliphatic heterocycles. The first kappa shape index (κ1) is 20.2. The van der Waals surface area contributed by atoms with Crippen molar-refractivity contribution in [3.63, 3.8) is 0 Å². The zero-order valence-electron chi connectivity index (χ0n) is 14.8. The van der Waals surface area contributed by atoms with Crippen molar-refractivity contribution in [2.75, 3.05) is 4.90 Å². The number of amides is 2. The standard InChI is InChI=1S/C20H16BrNO5S/c1-2-16(19(24)25)27-13-9-7-12(8-10-13)11-17-18(23)22(20(26)28-17)15-6-4-3-5-14(15)21/h3-11,16H,2H2,1H3,(H,24,25)/b17-11+. The van der Waals surface area contributed by atoms with Gasteiger partial charge in [-0.25, -0.2) is 9.69 Å². The number of imide groups is 1. The summed E-state index contributed by atoms with van der Waals surface area (Å²) in [5.41, 5.74) is 1.20. The van der Waals surface area contributed by atoms with Gasteiger partial charge < -0.3 is 9.84 Å². The van der Waals surface area contributed by atoms with Gasteiger partial charge in [0.1, 0.15) is 5.75 Å². The highest BCUT2D eigenvalue weighted by molar-refractivity contribution is 9.10. The molecule has 1 fully saturated rings. The molecule has 144 valence electrons. The van der Waals surface area contributed by atoms with Crippen molar-refractivity contribution in [1.29, 1.82) is 0 Å². The van der Waals surface area contributed by atoms with Crippen LogP contribution in [0.15, 0.2) is 57.9 Å². The van der Waals surface area contributed by atoms with E-state index < -0.39 is 12.1 Å². The number of carbonyl (C=O) groups excluding carboxylic acids is 2. The van der Waals surface area contributed by atoms with Gasteiger partial charge in [-0.05, 0) is 70.0 Å². The van der Waals surface area contributed by atoms with Gasteiger partial charge in [0, 0.05) is 4.47 Å². The second-order valence-electron chi connectivity index (χ2n) is 5.89. The van der Waals surface area contributed by atoms with Crippen LogP contribution in [-0.4, -0.2) is 28.3 Å². The van der Waals surface area contributed by atoms with Crippen molar-refractivity contribution in [3.8, 4) is 5.75 Å². The normalized spacial score (nSPS) is 16.5. The Hall–Kier alpha value is -2.58. The predicted molar refractivity (Wildman–Crippen MR) is 111 cm³/mol. The SMILES string of the molecule is CCC(Oc1ccc(/C=C2/SC(=O)N(c3ccccc3Br)C2=O)cc1)C(=O)O. The topological polar surface area (TPSA) is 83.9 Å². The molecule has 0 bridgehead atoms. The number of carboxylic acid groups (broad SMARTS) is 1. The summed E-state index contributed by atoms with van der Waals surface area (Å²) in [6.45, 7) is 1.73. The van der Waals surface area contributed by atoms with Gasteiger partial charge in [0.05, 0.1) is 10.6 Å². The number of hydrogen-bond acceptors (Lipinski definition) is 5. The molecule has 28 heavy (non-hydrogen) atoms. The molecule has 0 aromatic heterocycles. The number of nitrogens with zero attached hydrogens (tertiary/aromatic N) is 1. The van der Waals surface area contributed by atoms with Gasteiger partial charge >= 0.3 is 5.97 Å². The molecule has 1 atom stereocenters. The molecule has 6 nitrogen and oxygen atoms in total. The maximum absolute atomic E-state index is 12.7. The summed E-state index contributed by atoms with van der Waals surface area (Å²) in [4.78, 5) is 37.5. The van der Waals surface area contributed by atoms with E-state index >= 15 is 0 Å². The van der Waals surface area contributed by atoms with Crippen molar-refractivity contribution >= 4 is 56.6 Å². The van der Waals surface area contributed by atoms with Crippen LogP contribution in [0.5, 0.6) is 5.75 Å².